The fraction of sp³-hybridized carbons (Fsp3) is 1.00. The molecule has 0 saturated heterocycles. The van der Waals surface area contributed by atoms with Crippen molar-refractivity contribution in [2.45, 2.75) is 19.4 Å². The van der Waals surface area contributed by atoms with E-state index in [1.54, 1.807) is 0 Å². The van der Waals surface area contributed by atoms with Gasteiger partial charge in [-0.1, -0.05) is 13.8 Å². The molecule has 6 heteroatoms. The van der Waals surface area contributed by atoms with Crippen LogP contribution >= 0.6 is 11.8 Å². The Morgan fingerprint density at radius 1 is 1.13 bits per heavy atom. The first kappa shape index (κ1) is 15.1. The van der Waals surface area contributed by atoms with Crippen molar-refractivity contribution in [1.82, 2.24) is 10.2 Å². The van der Waals surface area contributed by atoms with E-state index in [-0.39, 0.29) is 17.5 Å². The van der Waals surface area contributed by atoms with Crippen LogP contribution in [0.5, 0.6) is 0 Å². The van der Waals surface area contributed by atoms with Crippen LogP contribution in [-0.4, -0.2) is 48.9 Å². The highest BCUT2D eigenvalue weighted by atomic mass is 32.2. The van der Waals surface area contributed by atoms with Gasteiger partial charge < -0.3 is 10.2 Å². The smallest absolute Gasteiger partial charge is 0.315 e. The van der Waals surface area contributed by atoms with Gasteiger partial charge in [-0.15, -0.1) is 0 Å². The van der Waals surface area contributed by atoms with Gasteiger partial charge >= 0.3 is 5.51 Å². The minimum atomic E-state index is -4.10. The van der Waals surface area contributed by atoms with E-state index in [0.717, 1.165) is 26.2 Å². The largest absolute Gasteiger partial charge is 0.441 e. The van der Waals surface area contributed by atoms with Crippen molar-refractivity contribution >= 4 is 11.8 Å². The minimum absolute atomic E-state index is 0.0278. The number of hydrogen-bond donors (Lipinski definition) is 1. The molecule has 0 spiro atoms. The molecule has 15 heavy (non-hydrogen) atoms. The summed E-state index contributed by atoms with van der Waals surface area (Å²) in [6, 6.07) is 0. The van der Waals surface area contributed by atoms with E-state index >= 15 is 0 Å². The molecular weight excluding hydrogens is 225 g/mol. The van der Waals surface area contributed by atoms with Gasteiger partial charge in [-0.3, -0.25) is 0 Å². The molecule has 0 aromatic carbocycles. The highest BCUT2D eigenvalue weighted by Gasteiger charge is 2.27. The Hall–Kier alpha value is 0.0600. The zero-order valence-corrected chi connectivity index (χ0v) is 10.0. The third-order valence-corrected chi connectivity index (χ3v) is 2.78. The number of thioether (sulfide) groups is 1. The summed E-state index contributed by atoms with van der Waals surface area (Å²) in [6.07, 6.45) is 0. The van der Waals surface area contributed by atoms with Crippen LogP contribution in [0, 0.1) is 0 Å². The highest BCUT2D eigenvalue weighted by Crippen LogP contribution is 2.29. The quantitative estimate of drug-likeness (QED) is 0.659. The Bertz CT molecular complexity index is 149. The van der Waals surface area contributed by atoms with E-state index in [1.807, 2.05) is 0 Å². The van der Waals surface area contributed by atoms with Crippen molar-refractivity contribution < 1.29 is 13.2 Å². The molecule has 0 unspecified atom stereocenters. The normalized spacial score (nSPS) is 12.4. The first-order valence-corrected chi connectivity index (χ1v) is 6.12. The molecule has 0 aromatic heterocycles. The van der Waals surface area contributed by atoms with E-state index < -0.39 is 5.51 Å². The fourth-order valence-corrected chi connectivity index (χ4v) is 1.62. The molecule has 2 nitrogen and oxygen atoms in total. The average Bonchev–Trinajstić information content (AvgIpc) is 2.15. The Kier molecular flexibility index (Phi) is 8.27. The first-order chi connectivity index (χ1) is 6.99. The van der Waals surface area contributed by atoms with Gasteiger partial charge in [-0.05, 0) is 24.9 Å². The number of likely N-dealkylation sites (N-methyl/N-ethyl adjacent to an activating group) is 1. The van der Waals surface area contributed by atoms with Crippen LogP contribution in [0.15, 0.2) is 0 Å². The molecule has 0 saturated carbocycles. The Morgan fingerprint density at radius 3 is 2.20 bits per heavy atom. The van der Waals surface area contributed by atoms with Crippen LogP contribution in [0.3, 0.4) is 0 Å². The van der Waals surface area contributed by atoms with E-state index in [4.69, 9.17) is 0 Å². The van der Waals surface area contributed by atoms with Crippen molar-refractivity contribution in [3.8, 4) is 0 Å². The number of nitrogens with one attached hydrogen (secondary N) is 1. The molecule has 0 aliphatic carbocycles. The SMILES string of the molecule is CCN(CC)CCNCCSC(F)(F)F. The maximum atomic E-state index is 11.7. The summed E-state index contributed by atoms with van der Waals surface area (Å²) in [5.74, 6) is 0.0851. The van der Waals surface area contributed by atoms with Crippen molar-refractivity contribution in [3.05, 3.63) is 0 Å². The number of rotatable bonds is 8. The molecule has 1 N–H and O–H groups in total. The first-order valence-electron chi connectivity index (χ1n) is 5.13. The van der Waals surface area contributed by atoms with E-state index in [1.165, 1.54) is 0 Å². The number of hydrogen-bond acceptors (Lipinski definition) is 3. The van der Waals surface area contributed by atoms with E-state index in [2.05, 4.69) is 24.1 Å². The van der Waals surface area contributed by atoms with Gasteiger partial charge in [-0.25, -0.2) is 0 Å². The second kappa shape index (κ2) is 8.24. The molecule has 0 aromatic rings. The van der Waals surface area contributed by atoms with Crippen molar-refractivity contribution in [3.63, 3.8) is 0 Å². The predicted molar refractivity (Wildman–Crippen MR) is 59.2 cm³/mol. The van der Waals surface area contributed by atoms with Crippen LogP contribution in [0.1, 0.15) is 13.8 Å². The van der Waals surface area contributed by atoms with E-state index in [0.29, 0.717) is 6.54 Å². The maximum absolute atomic E-state index is 11.7. The van der Waals surface area contributed by atoms with Crippen molar-refractivity contribution in [1.29, 1.82) is 0 Å². The average molecular weight is 244 g/mol. The monoisotopic (exact) mass is 244 g/mol. The molecule has 0 bridgehead atoms. The highest BCUT2D eigenvalue weighted by molar-refractivity contribution is 8.00. The third kappa shape index (κ3) is 10.3. The number of halogens is 3. The predicted octanol–water partition coefficient (Wildman–Crippen LogP) is 2.17. The molecule has 0 atom stereocenters. The van der Waals surface area contributed by atoms with Gasteiger partial charge in [-0.2, -0.15) is 13.2 Å². The van der Waals surface area contributed by atoms with Gasteiger partial charge in [0.1, 0.15) is 0 Å². The van der Waals surface area contributed by atoms with Gasteiger partial charge in [0.15, 0.2) is 0 Å². The second-order valence-corrected chi connectivity index (χ2v) is 4.23. The van der Waals surface area contributed by atoms with Crippen LogP contribution in [0.4, 0.5) is 13.2 Å². The zero-order chi connectivity index (χ0) is 11.7. The lowest BCUT2D eigenvalue weighted by Gasteiger charge is -2.17. The summed E-state index contributed by atoms with van der Waals surface area (Å²) in [5.41, 5.74) is -4.10. The lowest BCUT2D eigenvalue weighted by atomic mass is 10.4. The van der Waals surface area contributed by atoms with Crippen molar-refractivity contribution in [2.75, 3.05) is 38.5 Å². The Labute approximate surface area is 93.6 Å². The van der Waals surface area contributed by atoms with Gasteiger partial charge in [0.05, 0.1) is 0 Å². The van der Waals surface area contributed by atoms with Crippen LogP contribution in [0.25, 0.3) is 0 Å². The maximum Gasteiger partial charge on any atom is 0.441 e. The lowest BCUT2D eigenvalue weighted by Crippen LogP contribution is -2.32. The molecule has 0 amide bonds. The fourth-order valence-electron chi connectivity index (χ4n) is 1.14. The molecule has 0 aliphatic heterocycles. The summed E-state index contributed by atoms with van der Waals surface area (Å²) in [6.45, 7) is 8.16. The second-order valence-electron chi connectivity index (χ2n) is 3.07. The zero-order valence-electron chi connectivity index (χ0n) is 9.23. The molecule has 0 radical (unpaired) electrons. The van der Waals surface area contributed by atoms with E-state index in [9.17, 15) is 13.2 Å². The van der Waals surface area contributed by atoms with Crippen LogP contribution in [-0.2, 0) is 0 Å². The lowest BCUT2D eigenvalue weighted by molar-refractivity contribution is -0.0327. The van der Waals surface area contributed by atoms with Crippen LogP contribution in [0.2, 0.25) is 0 Å². The third-order valence-electron chi connectivity index (χ3n) is 2.04. The molecule has 0 fully saturated rings. The molecule has 0 aliphatic rings. The van der Waals surface area contributed by atoms with Crippen LogP contribution < -0.4 is 5.32 Å². The molecule has 92 valence electrons. The summed E-state index contributed by atoms with van der Waals surface area (Å²) < 4.78 is 35.2. The van der Waals surface area contributed by atoms with Gasteiger partial charge in [0, 0.05) is 25.4 Å². The summed E-state index contributed by atoms with van der Waals surface area (Å²) >= 11 is 0.0278. The molecule has 0 rings (SSSR count). The van der Waals surface area contributed by atoms with Gasteiger partial charge in [0.25, 0.3) is 0 Å². The number of nitrogens with zero attached hydrogens (tertiary/aromatic N) is 1. The summed E-state index contributed by atoms with van der Waals surface area (Å²) in [7, 11) is 0. The number of alkyl halides is 3. The standard InChI is InChI=1S/C9H19F3N2S/c1-3-14(4-2)7-5-13-6-8-15-9(10,11)12/h13H,3-8H2,1-2H3. The topological polar surface area (TPSA) is 15.3 Å². The van der Waals surface area contributed by atoms with Gasteiger partial charge in [0.2, 0.25) is 0 Å². The Morgan fingerprint density at radius 2 is 1.73 bits per heavy atom. The summed E-state index contributed by atoms with van der Waals surface area (Å²) in [5, 5.41) is 2.99. The Balaban J connectivity index is 3.25. The summed E-state index contributed by atoms with van der Waals surface area (Å²) in [4.78, 5) is 2.23. The molecular formula is C9H19F3N2S. The minimum Gasteiger partial charge on any atom is -0.315 e. The van der Waals surface area contributed by atoms with Crippen molar-refractivity contribution in [2.24, 2.45) is 0 Å². The molecule has 0 heterocycles.